The van der Waals surface area contributed by atoms with Gasteiger partial charge in [-0.1, -0.05) is 54.3 Å². The first-order valence-electron chi connectivity index (χ1n) is 9.99. The van der Waals surface area contributed by atoms with Crippen LogP contribution < -0.4 is 10.2 Å². The van der Waals surface area contributed by atoms with Crippen LogP contribution in [0.4, 0.5) is 11.4 Å². The van der Waals surface area contributed by atoms with Crippen LogP contribution in [0.25, 0.3) is 5.57 Å². The number of carbonyl (C=O) groups excluding carboxylic acids is 3. The average molecular weight is 464 g/mol. The predicted molar refractivity (Wildman–Crippen MR) is 132 cm³/mol. The molecule has 3 amide bonds. The number of para-hydroxylation sites is 1. The molecule has 32 heavy (non-hydrogen) atoms. The molecule has 4 rings (SSSR count). The molecular weight excluding hydrogens is 442 g/mol. The van der Waals surface area contributed by atoms with E-state index < -0.39 is 0 Å². The second-order valence-corrected chi connectivity index (χ2v) is 9.18. The molecule has 2 aromatic rings. The first kappa shape index (κ1) is 22.0. The molecule has 2 heterocycles. The maximum Gasteiger partial charge on any atom is 0.267 e. The van der Waals surface area contributed by atoms with Gasteiger partial charge in [0.1, 0.15) is 10.9 Å². The Kier molecular flexibility index (Phi) is 5.99. The largest absolute Gasteiger partial charge is 0.325 e. The first-order chi connectivity index (χ1) is 15.3. The van der Waals surface area contributed by atoms with Crippen LogP contribution in [-0.4, -0.2) is 40.0 Å². The zero-order chi connectivity index (χ0) is 23.0. The van der Waals surface area contributed by atoms with Gasteiger partial charge in [-0.2, -0.15) is 0 Å². The van der Waals surface area contributed by atoms with Crippen LogP contribution in [0, 0.1) is 13.8 Å². The van der Waals surface area contributed by atoms with E-state index in [1.165, 1.54) is 9.80 Å². The van der Waals surface area contributed by atoms with Gasteiger partial charge in [0.15, 0.2) is 0 Å². The van der Waals surface area contributed by atoms with E-state index >= 15 is 0 Å². The molecule has 2 aliphatic heterocycles. The summed E-state index contributed by atoms with van der Waals surface area (Å²) in [6, 6.07) is 12.8. The molecule has 2 aromatic carbocycles. The number of thiocarbonyl (C=S) groups is 1. The summed E-state index contributed by atoms with van der Waals surface area (Å²) in [7, 11) is 0. The number of hydrogen-bond acceptors (Lipinski definition) is 5. The highest BCUT2D eigenvalue weighted by molar-refractivity contribution is 8.26. The van der Waals surface area contributed by atoms with Crippen LogP contribution in [0.5, 0.6) is 0 Å². The highest BCUT2D eigenvalue weighted by Crippen LogP contribution is 2.44. The fourth-order valence-electron chi connectivity index (χ4n) is 3.66. The molecule has 0 unspecified atom stereocenters. The van der Waals surface area contributed by atoms with Crippen LogP contribution in [0.2, 0.25) is 0 Å². The monoisotopic (exact) mass is 463 g/mol. The number of aryl methyl sites for hydroxylation is 2. The van der Waals surface area contributed by atoms with E-state index in [-0.39, 0.29) is 41.3 Å². The Balaban J connectivity index is 1.64. The Labute approximate surface area is 196 Å². The van der Waals surface area contributed by atoms with Gasteiger partial charge in [-0.05, 0) is 43.2 Å². The van der Waals surface area contributed by atoms with Gasteiger partial charge < -0.3 is 5.32 Å². The van der Waals surface area contributed by atoms with Crippen molar-refractivity contribution >= 4 is 63.0 Å². The zero-order valence-electron chi connectivity index (χ0n) is 17.7. The Morgan fingerprint density at radius 1 is 1.09 bits per heavy atom. The third kappa shape index (κ3) is 3.87. The van der Waals surface area contributed by atoms with Crippen LogP contribution in [0.1, 0.15) is 16.7 Å². The summed E-state index contributed by atoms with van der Waals surface area (Å²) in [4.78, 5) is 42.2. The van der Waals surface area contributed by atoms with Crippen molar-refractivity contribution in [3.63, 3.8) is 0 Å². The molecule has 0 aromatic heterocycles. The summed E-state index contributed by atoms with van der Waals surface area (Å²) in [5, 5.41) is 2.85. The number of benzene rings is 2. The van der Waals surface area contributed by atoms with E-state index in [0.717, 1.165) is 22.9 Å². The number of carbonyl (C=O) groups is 3. The van der Waals surface area contributed by atoms with Crippen LogP contribution in [0.3, 0.4) is 0 Å². The van der Waals surface area contributed by atoms with Crippen molar-refractivity contribution < 1.29 is 14.4 Å². The van der Waals surface area contributed by atoms with E-state index in [1.54, 1.807) is 30.3 Å². The summed E-state index contributed by atoms with van der Waals surface area (Å²) in [5.41, 5.74) is 4.36. The zero-order valence-corrected chi connectivity index (χ0v) is 19.3. The van der Waals surface area contributed by atoms with Gasteiger partial charge in [0.25, 0.3) is 11.8 Å². The van der Waals surface area contributed by atoms with Crippen molar-refractivity contribution in [2.24, 2.45) is 0 Å². The van der Waals surface area contributed by atoms with Gasteiger partial charge in [-0.15, -0.1) is 6.58 Å². The minimum atomic E-state index is -0.388. The molecule has 1 N–H and O–H groups in total. The lowest BCUT2D eigenvalue weighted by atomic mass is 10.1. The summed E-state index contributed by atoms with van der Waals surface area (Å²) >= 11 is 6.43. The number of hydrogen-bond donors (Lipinski definition) is 1. The molecule has 0 radical (unpaired) electrons. The van der Waals surface area contributed by atoms with Gasteiger partial charge in [0.05, 0.1) is 16.2 Å². The maximum absolute atomic E-state index is 13.4. The molecule has 0 aliphatic carbocycles. The smallest absolute Gasteiger partial charge is 0.267 e. The fourth-order valence-corrected chi connectivity index (χ4v) is 5.00. The minimum absolute atomic E-state index is 0.167. The number of fused-ring (bicyclic) bond motifs is 1. The first-order valence-corrected chi connectivity index (χ1v) is 11.2. The molecule has 0 bridgehead atoms. The molecule has 1 fully saturated rings. The second kappa shape index (κ2) is 8.72. The summed E-state index contributed by atoms with van der Waals surface area (Å²) < 4.78 is 0.383. The molecule has 0 spiro atoms. The van der Waals surface area contributed by atoms with Crippen molar-refractivity contribution in [2.75, 3.05) is 23.3 Å². The third-order valence-electron chi connectivity index (χ3n) is 5.40. The average Bonchev–Trinajstić information content (AvgIpc) is 3.19. The number of thioether (sulfide) groups is 1. The Morgan fingerprint density at radius 2 is 1.84 bits per heavy atom. The number of nitrogens with one attached hydrogen (secondary N) is 1. The lowest BCUT2D eigenvalue weighted by Gasteiger charge is -2.17. The number of rotatable bonds is 5. The second-order valence-electron chi connectivity index (χ2n) is 7.53. The van der Waals surface area contributed by atoms with Crippen molar-refractivity contribution in [1.82, 2.24) is 4.90 Å². The van der Waals surface area contributed by atoms with Crippen molar-refractivity contribution in [2.45, 2.75) is 13.8 Å². The molecule has 0 saturated carbocycles. The van der Waals surface area contributed by atoms with Gasteiger partial charge in [-0.25, -0.2) is 0 Å². The van der Waals surface area contributed by atoms with Gasteiger partial charge in [-0.3, -0.25) is 24.2 Å². The standard InChI is InChI=1S/C24H21N3O3S2/c1-4-11-26-23(30)21(32-24(26)31)20-17-7-5-6-8-18(17)27(22(20)29)13-19(28)25-16-10-9-14(2)15(3)12-16/h4-10,12H,1,11,13H2,2-3H3,(H,25,28)/b21-20-. The lowest BCUT2D eigenvalue weighted by Crippen LogP contribution is -2.35. The lowest BCUT2D eigenvalue weighted by molar-refractivity contribution is -0.122. The van der Waals surface area contributed by atoms with Gasteiger partial charge >= 0.3 is 0 Å². The van der Waals surface area contributed by atoms with Crippen molar-refractivity contribution in [1.29, 1.82) is 0 Å². The molecular formula is C24H21N3O3S2. The minimum Gasteiger partial charge on any atom is -0.325 e. The van der Waals surface area contributed by atoms with E-state index in [4.69, 9.17) is 12.2 Å². The molecule has 2 aliphatic rings. The van der Waals surface area contributed by atoms with E-state index in [9.17, 15) is 14.4 Å². The highest BCUT2D eigenvalue weighted by atomic mass is 32.2. The van der Waals surface area contributed by atoms with E-state index in [0.29, 0.717) is 21.3 Å². The predicted octanol–water partition coefficient (Wildman–Crippen LogP) is 4.05. The topological polar surface area (TPSA) is 69.7 Å². The van der Waals surface area contributed by atoms with Crippen molar-refractivity contribution in [3.05, 3.63) is 76.7 Å². The summed E-state index contributed by atoms with van der Waals surface area (Å²) in [6.45, 7) is 7.74. The summed E-state index contributed by atoms with van der Waals surface area (Å²) in [6.07, 6.45) is 1.59. The molecule has 1 saturated heterocycles. The van der Waals surface area contributed by atoms with E-state index in [2.05, 4.69) is 11.9 Å². The Morgan fingerprint density at radius 3 is 2.56 bits per heavy atom. The van der Waals surface area contributed by atoms with Gasteiger partial charge in [0, 0.05) is 17.8 Å². The molecule has 6 nitrogen and oxygen atoms in total. The van der Waals surface area contributed by atoms with Gasteiger partial charge in [0.2, 0.25) is 5.91 Å². The molecule has 162 valence electrons. The Hall–Kier alpha value is -3.23. The third-order valence-corrected chi connectivity index (χ3v) is 6.85. The number of amides is 3. The highest BCUT2D eigenvalue weighted by Gasteiger charge is 2.42. The quantitative estimate of drug-likeness (QED) is 0.412. The maximum atomic E-state index is 13.4. The van der Waals surface area contributed by atoms with Crippen LogP contribution in [0.15, 0.2) is 60.0 Å². The number of nitrogens with zero attached hydrogens (tertiary/aromatic N) is 2. The van der Waals surface area contributed by atoms with Crippen molar-refractivity contribution in [3.8, 4) is 0 Å². The molecule has 8 heteroatoms. The summed E-state index contributed by atoms with van der Waals surface area (Å²) in [5.74, 6) is -1.03. The van der Waals surface area contributed by atoms with Crippen LogP contribution in [-0.2, 0) is 14.4 Å². The SMILES string of the molecule is C=CCN1C(=O)/C(=C2/C(=O)N(CC(=O)Nc3ccc(C)c(C)c3)c3ccccc32)SC1=S. The number of anilines is 2. The van der Waals surface area contributed by atoms with Crippen LogP contribution >= 0.6 is 24.0 Å². The fraction of sp³-hybridized carbons (Fsp3) is 0.167. The normalized spacial score (nSPS) is 17.8. The Bertz CT molecular complexity index is 1220. The van der Waals surface area contributed by atoms with E-state index in [1.807, 2.05) is 32.0 Å². The molecule has 0 atom stereocenters.